The second-order valence-electron chi connectivity index (χ2n) is 8.47. The molecule has 1 aromatic carbocycles. The van der Waals surface area contributed by atoms with Crippen molar-refractivity contribution in [1.29, 1.82) is 0 Å². The first kappa shape index (κ1) is 21.2. The summed E-state index contributed by atoms with van der Waals surface area (Å²) in [6, 6.07) is 4.88. The summed E-state index contributed by atoms with van der Waals surface area (Å²) < 4.78 is 45.6. The average molecular weight is 424 g/mol. The fraction of sp³-hybridized carbons (Fsp3) is 0.636. The van der Waals surface area contributed by atoms with Crippen LogP contribution in [0.25, 0.3) is 0 Å². The molecule has 3 saturated heterocycles. The zero-order chi connectivity index (χ0) is 21.3. The Balaban J connectivity index is 1.48. The number of halogens is 3. The van der Waals surface area contributed by atoms with Gasteiger partial charge >= 0.3 is 6.18 Å². The van der Waals surface area contributed by atoms with E-state index in [1.807, 2.05) is 4.90 Å². The van der Waals surface area contributed by atoms with Crippen molar-refractivity contribution in [3.05, 3.63) is 35.4 Å². The summed E-state index contributed by atoms with van der Waals surface area (Å²) in [6.07, 6.45) is -0.863. The van der Waals surface area contributed by atoms with Gasteiger partial charge in [0.2, 0.25) is 5.91 Å². The monoisotopic (exact) mass is 424 g/mol. The summed E-state index contributed by atoms with van der Waals surface area (Å²) in [6.45, 7) is 2.79. The molecule has 3 aliphatic rings. The van der Waals surface area contributed by atoms with Gasteiger partial charge in [-0.3, -0.25) is 9.59 Å². The third-order valence-electron chi connectivity index (χ3n) is 6.67. The molecule has 0 N–H and O–H groups in total. The number of benzene rings is 1. The van der Waals surface area contributed by atoms with Crippen molar-refractivity contribution in [3.63, 3.8) is 0 Å². The second-order valence-corrected chi connectivity index (χ2v) is 8.47. The fourth-order valence-corrected chi connectivity index (χ4v) is 5.13. The topological polar surface area (TPSA) is 49.9 Å². The largest absolute Gasteiger partial charge is 0.417 e. The maximum Gasteiger partial charge on any atom is 0.417 e. The van der Waals surface area contributed by atoms with E-state index in [1.54, 1.807) is 4.90 Å². The van der Waals surface area contributed by atoms with E-state index in [1.165, 1.54) is 18.2 Å². The van der Waals surface area contributed by atoms with E-state index in [2.05, 4.69) is 0 Å². The molecular weight excluding hydrogens is 397 g/mol. The standard InChI is InChI=1S/C22H27F3N2O3/c23-22(24,25)18-6-2-1-5-17(18)21(29)27-10-3-4-16-14-26(11-7-19(16)27)20(28)15-8-12-30-13-9-15/h1-2,5-6,15-16,19H,3-4,7-14H2/t16-,19+/m1/s1. The van der Waals surface area contributed by atoms with Gasteiger partial charge in [0.05, 0.1) is 11.1 Å². The van der Waals surface area contributed by atoms with Crippen molar-refractivity contribution < 1.29 is 27.5 Å². The molecule has 5 nitrogen and oxygen atoms in total. The minimum Gasteiger partial charge on any atom is -0.381 e. The van der Waals surface area contributed by atoms with E-state index in [-0.39, 0.29) is 29.3 Å². The molecule has 0 aliphatic carbocycles. The van der Waals surface area contributed by atoms with E-state index in [9.17, 15) is 22.8 Å². The van der Waals surface area contributed by atoms with Crippen LogP contribution < -0.4 is 0 Å². The summed E-state index contributed by atoms with van der Waals surface area (Å²) >= 11 is 0. The maximum atomic E-state index is 13.4. The van der Waals surface area contributed by atoms with E-state index in [0.29, 0.717) is 39.3 Å². The number of amides is 2. The number of hydrogen-bond acceptors (Lipinski definition) is 3. The summed E-state index contributed by atoms with van der Waals surface area (Å²) in [5.74, 6) is -0.293. The number of fused-ring (bicyclic) bond motifs is 1. The zero-order valence-corrected chi connectivity index (χ0v) is 16.9. The van der Waals surface area contributed by atoms with Gasteiger partial charge in [-0.05, 0) is 50.2 Å². The highest BCUT2D eigenvalue weighted by Gasteiger charge is 2.42. The Morgan fingerprint density at radius 2 is 1.73 bits per heavy atom. The molecule has 0 spiro atoms. The lowest BCUT2D eigenvalue weighted by atomic mass is 9.82. The van der Waals surface area contributed by atoms with E-state index in [4.69, 9.17) is 4.74 Å². The first-order chi connectivity index (χ1) is 14.4. The molecule has 0 unspecified atom stereocenters. The van der Waals surface area contributed by atoms with Crippen LogP contribution in [0.3, 0.4) is 0 Å². The molecule has 3 heterocycles. The lowest BCUT2D eigenvalue weighted by Gasteiger charge is -2.48. The number of alkyl halides is 3. The van der Waals surface area contributed by atoms with Crippen LogP contribution in [0.2, 0.25) is 0 Å². The molecule has 0 bridgehead atoms. The summed E-state index contributed by atoms with van der Waals surface area (Å²) in [4.78, 5) is 29.5. The minimum atomic E-state index is -4.57. The normalized spacial score (nSPS) is 25.7. The highest BCUT2D eigenvalue weighted by atomic mass is 19.4. The Morgan fingerprint density at radius 1 is 1.00 bits per heavy atom. The predicted molar refractivity (Wildman–Crippen MR) is 104 cm³/mol. The van der Waals surface area contributed by atoms with Gasteiger partial charge < -0.3 is 14.5 Å². The quantitative estimate of drug-likeness (QED) is 0.729. The van der Waals surface area contributed by atoms with E-state index in [0.717, 1.165) is 31.7 Å². The predicted octanol–water partition coefficient (Wildman–Crippen LogP) is 3.59. The Kier molecular flexibility index (Phi) is 6.04. The van der Waals surface area contributed by atoms with Crippen LogP contribution in [0.1, 0.15) is 48.0 Å². The fourth-order valence-electron chi connectivity index (χ4n) is 5.13. The molecule has 0 aromatic heterocycles. The van der Waals surface area contributed by atoms with Gasteiger partial charge in [-0.2, -0.15) is 13.2 Å². The van der Waals surface area contributed by atoms with Crippen LogP contribution in [-0.2, 0) is 15.7 Å². The van der Waals surface area contributed by atoms with Crippen LogP contribution >= 0.6 is 0 Å². The minimum absolute atomic E-state index is 0.00436. The van der Waals surface area contributed by atoms with Gasteiger partial charge in [-0.15, -0.1) is 0 Å². The van der Waals surface area contributed by atoms with Gasteiger partial charge in [0.25, 0.3) is 5.91 Å². The first-order valence-corrected chi connectivity index (χ1v) is 10.7. The van der Waals surface area contributed by atoms with E-state index < -0.39 is 17.6 Å². The molecule has 164 valence electrons. The molecule has 8 heteroatoms. The molecule has 3 fully saturated rings. The van der Waals surface area contributed by atoms with Crippen molar-refractivity contribution >= 4 is 11.8 Å². The lowest BCUT2D eigenvalue weighted by Crippen LogP contribution is -2.57. The van der Waals surface area contributed by atoms with Crippen LogP contribution in [-0.4, -0.2) is 60.5 Å². The summed E-state index contributed by atoms with van der Waals surface area (Å²) in [5.41, 5.74) is -1.17. The molecular formula is C22H27F3N2O3. The van der Waals surface area contributed by atoms with Gasteiger partial charge in [-0.1, -0.05) is 12.1 Å². The molecule has 30 heavy (non-hydrogen) atoms. The van der Waals surface area contributed by atoms with Crippen molar-refractivity contribution in [2.75, 3.05) is 32.8 Å². The Labute approximate surface area is 174 Å². The molecule has 1 aromatic rings. The number of rotatable bonds is 2. The summed E-state index contributed by atoms with van der Waals surface area (Å²) in [7, 11) is 0. The molecule has 2 atom stereocenters. The van der Waals surface area contributed by atoms with Gasteiger partial charge in [0.1, 0.15) is 0 Å². The first-order valence-electron chi connectivity index (χ1n) is 10.7. The summed E-state index contributed by atoms with van der Waals surface area (Å²) in [5, 5.41) is 0. The van der Waals surface area contributed by atoms with Crippen molar-refractivity contribution in [2.45, 2.75) is 44.3 Å². The SMILES string of the molecule is O=C(C1CCOCC1)N1CC[C@H]2[C@H](CCCN2C(=O)c2ccccc2C(F)(F)F)C1. The molecule has 4 rings (SSSR count). The average Bonchev–Trinajstić information content (AvgIpc) is 2.77. The van der Waals surface area contributed by atoms with Gasteiger partial charge in [0, 0.05) is 44.8 Å². The highest BCUT2D eigenvalue weighted by Crippen LogP contribution is 2.36. The molecule has 3 aliphatic heterocycles. The van der Waals surface area contributed by atoms with Gasteiger partial charge in [0.15, 0.2) is 0 Å². The zero-order valence-electron chi connectivity index (χ0n) is 16.9. The number of likely N-dealkylation sites (tertiary alicyclic amines) is 2. The second kappa shape index (κ2) is 8.57. The Hall–Kier alpha value is -2.09. The number of carbonyl (C=O) groups excluding carboxylic acids is 2. The van der Waals surface area contributed by atoms with Crippen LogP contribution in [0.15, 0.2) is 24.3 Å². The number of carbonyl (C=O) groups is 2. The third kappa shape index (κ3) is 4.19. The number of hydrogen-bond donors (Lipinski definition) is 0. The van der Waals surface area contributed by atoms with Crippen LogP contribution in [0.5, 0.6) is 0 Å². The van der Waals surface area contributed by atoms with Crippen LogP contribution in [0.4, 0.5) is 13.2 Å². The third-order valence-corrected chi connectivity index (χ3v) is 6.67. The van der Waals surface area contributed by atoms with Crippen molar-refractivity contribution in [1.82, 2.24) is 9.80 Å². The number of piperidine rings is 2. The highest BCUT2D eigenvalue weighted by molar-refractivity contribution is 5.96. The molecule has 2 amide bonds. The van der Waals surface area contributed by atoms with Crippen molar-refractivity contribution in [3.8, 4) is 0 Å². The van der Waals surface area contributed by atoms with Gasteiger partial charge in [-0.25, -0.2) is 0 Å². The maximum absolute atomic E-state index is 13.4. The Morgan fingerprint density at radius 3 is 2.47 bits per heavy atom. The number of ether oxygens (including phenoxy) is 1. The Bertz CT molecular complexity index is 792. The molecule has 0 radical (unpaired) electrons. The van der Waals surface area contributed by atoms with Crippen LogP contribution in [0, 0.1) is 11.8 Å². The van der Waals surface area contributed by atoms with E-state index >= 15 is 0 Å². The number of nitrogens with zero attached hydrogens (tertiary/aromatic N) is 2. The molecule has 0 saturated carbocycles. The smallest absolute Gasteiger partial charge is 0.381 e. The lowest BCUT2D eigenvalue weighted by molar-refractivity contribution is -0.142. The van der Waals surface area contributed by atoms with Crippen molar-refractivity contribution in [2.24, 2.45) is 11.8 Å².